The van der Waals surface area contributed by atoms with Gasteiger partial charge < -0.3 is 10.6 Å². The first-order chi connectivity index (χ1) is 11.2. The van der Waals surface area contributed by atoms with Crippen molar-refractivity contribution in [1.29, 1.82) is 0 Å². The van der Waals surface area contributed by atoms with Gasteiger partial charge >= 0.3 is 0 Å². The largest absolute Gasteiger partial charge is 0.355 e. The molecule has 6 nitrogen and oxygen atoms in total. The molecule has 0 atom stereocenters. The van der Waals surface area contributed by atoms with E-state index in [2.05, 4.69) is 39.8 Å². The molecule has 122 valence electrons. The molecule has 0 aliphatic carbocycles. The summed E-state index contributed by atoms with van der Waals surface area (Å²) in [5, 5.41) is 8.84. The number of hydrogen-bond acceptors (Lipinski definition) is 7. The molecular weight excluding hydrogens is 352 g/mol. The molecule has 2 N–H and O–H groups in total. The van der Waals surface area contributed by atoms with Crippen molar-refractivity contribution in [3.63, 3.8) is 0 Å². The van der Waals surface area contributed by atoms with Crippen molar-refractivity contribution in [2.45, 2.75) is 6.42 Å². The summed E-state index contributed by atoms with van der Waals surface area (Å²) in [5.41, 5.74) is 0.356. The highest BCUT2D eigenvalue weighted by atomic mass is 32.1. The van der Waals surface area contributed by atoms with Crippen LogP contribution < -0.4 is 10.6 Å². The Labute approximate surface area is 147 Å². The number of rotatable bonds is 8. The highest BCUT2D eigenvalue weighted by Crippen LogP contribution is 2.30. The zero-order valence-corrected chi connectivity index (χ0v) is 14.8. The molecule has 2 aromatic rings. The van der Waals surface area contributed by atoms with Gasteiger partial charge in [0.1, 0.15) is 5.69 Å². The summed E-state index contributed by atoms with van der Waals surface area (Å²) in [4.78, 5) is 32.5. The smallest absolute Gasteiger partial charge is 0.271 e. The number of aromatic nitrogens is 2. The van der Waals surface area contributed by atoms with E-state index >= 15 is 0 Å². The van der Waals surface area contributed by atoms with Crippen molar-refractivity contribution in [2.24, 2.45) is 0 Å². The van der Waals surface area contributed by atoms with Crippen LogP contribution in [0.25, 0.3) is 16.1 Å². The number of hydrogen-bond donors (Lipinski definition) is 3. The Bertz CT molecular complexity index is 682. The van der Waals surface area contributed by atoms with Crippen LogP contribution in [0.2, 0.25) is 0 Å². The summed E-state index contributed by atoms with van der Waals surface area (Å²) in [5.74, 6) is -0.214. The fourth-order valence-corrected chi connectivity index (χ4v) is 3.41. The highest BCUT2D eigenvalue weighted by Gasteiger charge is 2.17. The zero-order valence-electron chi connectivity index (χ0n) is 12.2. The standard InChI is InChI=1S/C14H16N4O2S3/c1-2-9-11(18-14(23-9)13-17-6-7-22-13)12(20)16-5-3-4-15-10(19)8-21/h2,6-7,21H,1,3-5,8H2,(H,15,19)(H,16,20). The Morgan fingerprint density at radius 3 is 2.74 bits per heavy atom. The van der Waals surface area contributed by atoms with Gasteiger partial charge in [0.15, 0.2) is 10.0 Å². The monoisotopic (exact) mass is 368 g/mol. The third-order valence-electron chi connectivity index (χ3n) is 2.77. The molecule has 0 unspecified atom stereocenters. The van der Waals surface area contributed by atoms with Crippen LogP contribution in [-0.4, -0.2) is 40.6 Å². The fourth-order valence-electron chi connectivity index (χ4n) is 1.71. The molecule has 0 bridgehead atoms. The predicted molar refractivity (Wildman–Crippen MR) is 97.1 cm³/mol. The van der Waals surface area contributed by atoms with Crippen LogP contribution in [0.4, 0.5) is 0 Å². The van der Waals surface area contributed by atoms with E-state index in [9.17, 15) is 9.59 Å². The predicted octanol–water partition coefficient (Wildman–Crippen LogP) is 2.08. The summed E-state index contributed by atoms with van der Waals surface area (Å²) >= 11 is 6.73. The summed E-state index contributed by atoms with van der Waals surface area (Å²) in [6.07, 6.45) is 3.96. The van der Waals surface area contributed by atoms with Gasteiger partial charge in [0.2, 0.25) is 5.91 Å². The molecule has 2 heterocycles. The second kappa shape index (κ2) is 8.80. The van der Waals surface area contributed by atoms with Crippen molar-refractivity contribution in [2.75, 3.05) is 18.8 Å². The van der Waals surface area contributed by atoms with Gasteiger partial charge in [-0.15, -0.1) is 22.7 Å². The molecule has 23 heavy (non-hydrogen) atoms. The third-order valence-corrected chi connectivity index (χ3v) is 5.03. The van der Waals surface area contributed by atoms with Crippen LogP contribution in [0.3, 0.4) is 0 Å². The van der Waals surface area contributed by atoms with Gasteiger partial charge in [-0.05, 0) is 12.5 Å². The van der Waals surface area contributed by atoms with Gasteiger partial charge in [0, 0.05) is 24.7 Å². The molecule has 2 amide bonds. The number of carbonyl (C=O) groups excluding carboxylic acids is 2. The summed E-state index contributed by atoms with van der Waals surface area (Å²) in [6.45, 7) is 4.67. The topological polar surface area (TPSA) is 84.0 Å². The quantitative estimate of drug-likeness (QED) is 0.492. The van der Waals surface area contributed by atoms with Gasteiger partial charge in [-0.3, -0.25) is 9.59 Å². The van der Waals surface area contributed by atoms with E-state index in [1.165, 1.54) is 22.7 Å². The van der Waals surface area contributed by atoms with E-state index in [1.54, 1.807) is 12.3 Å². The van der Waals surface area contributed by atoms with E-state index in [4.69, 9.17) is 0 Å². The van der Waals surface area contributed by atoms with Gasteiger partial charge in [-0.1, -0.05) is 6.58 Å². The van der Waals surface area contributed by atoms with Crippen molar-refractivity contribution in [3.05, 3.63) is 28.7 Å². The number of nitrogens with zero attached hydrogens (tertiary/aromatic N) is 2. The average Bonchev–Trinajstić information content (AvgIpc) is 3.22. The molecule has 0 saturated heterocycles. The zero-order chi connectivity index (χ0) is 16.7. The van der Waals surface area contributed by atoms with Gasteiger partial charge in [-0.25, -0.2) is 9.97 Å². The lowest BCUT2D eigenvalue weighted by Gasteiger charge is -2.05. The van der Waals surface area contributed by atoms with Crippen molar-refractivity contribution < 1.29 is 9.59 Å². The van der Waals surface area contributed by atoms with Crippen molar-refractivity contribution >= 4 is 53.2 Å². The molecule has 9 heteroatoms. The molecular formula is C14H16N4O2S3. The third kappa shape index (κ3) is 4.88. The minimum Gasteiger partial charge on any atom is -0.355 e. The Kier molecular flexibility index (Phi) is 6.75. The van der Waals surface area contributed by atoms with Crippen molar-refractivity contribution in [1.82, 2.24) is 20.6 Å². The fraction of sp³-hybridized carbons (Fsp3) is 0.286. The lowest BCUT2D eigenvalue weighted by Crippen LogP contribution is -2.30. The molecule has 0 aliphatic rings. The van der Waals surface area contributed by atoms with Crippen LogP contribution in [0.15, 0.2) is 18.2 Å². The molecule has 0 fully saturated rings. The number of nitrogens with one attached hydrogen (secondary N) is 2. The maximum atomic E-state index is 12.2. The van der Waals surface area contributed by atoms with Crippen LogP contribution >= 0.6 is 35.3 Å². The van der Waals surface area contributed by atoms with E-state index in [-0.39, 0.29) is 17.6 Å². The summed E-state index contributed by atoms with van der Waals surface area (Å²) in [6, 6.07) is 0. The first-order valence-corrected chi connectivity index (χ1v) is 9.17. The van der Waals surface area contributed by atoms with E-state index in [1.807, 2.05) is 5.38 Å². The molecule has 2 aromatic heterocycles. The number of thiol groups is 1. The molecule has 2 rings (SSSR count). The Morgan fingerprint density at radius 2 is 2.09 bits per heavy atom. The maximum Gasteiger partial charge on any atom is 0.271 e. The minimum absolute atomic E-state index is 0.124. The van der Waals surface area contributed by atoms with Crippen molar-refractivity contribution in [3.8, 4) is 10.0 Å². The van der Waals surface area contributed by atoms with Crippen LogP contribution in [0, 0.1) is 0 Å². The normalized spacial score (nSPS) is 10.3. The second-order valence-corrected chi connectivity index (χ2v) is 6.63. The number of carbonyl (C=O) groups is 2. The van der Waals surface area contributed by atoms with Crippen LogP contribution in [0.1, 0.15) is 21.8 Å². The molecule has 0 aromatic carbocycles. The number of amides is 2. The number of thiazole rings is 2. The molecule has 0 radical (unpaired) electrons. The highest BCUT2D eigenvalue weighted by molar-refractivity contribution is 7.81. The van der Waals surface area contributed by atoms with E-state index in [0.717, 1.165) is 9.88 Å². The van der Waals surface area contributed by atoms with E-state index < -0.39 is 0 Å². The van der Waals surface area contributed by atoms with E-state index in [0.29, 0.717) is 30.2 Å². The van der Waals surface area contributed by atoms with Gasteiger partial charge in [0.05, 0.1) is 10.6 Å². The first kappa shape index (κ1) is 17.6. The SMILES string of the molecule is C=Cc1sc(-c2nccs2)nc1C(=O)NCCCNC(=O)CS. The lowest BCUT2D eigenvalue weighted by molar-refractivity contribution is -0.118. The Morgan fingerprint density at radius 1 is 1.30 bits per heavy atom. The van der Waals surface area contributed by atoms with Crippen LogP contribution in [0.5, 0.6) is 0 Å². The Balaban J connectivity index is 1.91. The second-order valence-electron chi connectivity index (χ2n) is 4.39. The molecule has 0 spiro atoms. The van der Waals surface area contributed by atoms with Gasteiger partial charge in [-0.2, -0.15) is 12.6 Å². The maximum absolute atomic E-state index is 12.2. The van der Waals surface area contributed by atoms with Crippen LogP contribution in [-0.2, 0) is 4.79 Å². The summed E-state index contributed by atoms with van der Waals surface area (Å²) < 4.78 is 0. The summed E-state index contributed by atoms with van der Waals surface area (Å²) in [7, 11) is 0. The average molecular weight is 369 g/mol. The minimum atomic E-state index is -0.250. The lowest BCUT2D eigenvalue weighted by atomic mass is 10.3. The first-order valence-electron chi connectivity index (χ1n) is 6.84. The molecule has 0 saturated carbocycles. The molecule has 0 aliphatic heterocycles. The van der Waals surface area contributed by atoms with Gasteiger partial charge in [0.25, 0.3) is 5.91 Å². The Hall–Kier alpha value is -1.71.